The highest BCUT2D eigenvalue weighted by molar-refractivity contribution is 6.02. The van der Waals surface area contributed by atoms with Crippen molar-refractivity contribution >= 4 is 17.5 Å². The molecule has 0 bridgehead atoms. The molecule has 1 fully saturated rings. The average Bonchev–Trinajstić information content (AvgIpc) is 3.69. The normalized spacial score (nSPS) is 14.9. The topological polar surface area (TPSA) is 98.5 Å². The highest BCUT2D eigenvalue weighted by Gasteiger charge is 2.36. The molecule has 1 aliphatic heterocycles. The zero-order valence-corrected chi connectivity index (χ0v) is 28.3. The molecule has 1 aliphatic rings. The van der Waals surface area contributed by atoms with Crippen LogP contribution in [0, 0.1) is 6.57 Å². The van der Waals surface area contributed by atoms with Crippen molar-refractivity contribution in [3.63, 3.8) is 0 Å². The number of piperazine rings is 1. The van der Waals surface area contributed by atoms with Gasteiger partial charge in [0.05, 0.1) is 68.6 Å². The van der Waals surface area contributed by atoms with E-state index in [9.17, 15) is 27.6 Å². The SMILES string of the molecule is [C-]#[N+]c1ccc(-n2nccc2-c2c(C(=O)N[C@@H](C)C(=O)N3CC[N+](C)(Cc4ccccc4)CC3)c(=O)n(-c3cccc(C(F)(F)F)c3)n2C)cc1. The third kappa shape index (κ3) is 7.06. The van der Waals surface area contributed by atoms with Crippen LogP contribution in [0.15, 0.2) is 95.9 Å². The third-order valence-corrected chi connectivity index (χ3v) is 9.28. The van der Waals surface area contributed by atoms with Crippen LogP contribution >= 0.6 is 0 Å². The molecular weight excluding hydrogens is 661 g/mol. The second kappa shape index (κ2) is 13.8. The zero-order valence-electron chi connectivity index (χ0n) is 28.3. The molecule has 0 spiro atoms. The number of carbonyl (C=O) groups is 2. The minimum absolute atomic E-state index is 0.0632. The van der Waals surface area contributed by atoms with Crippen molar-refractivity contribution in [3.05, 3.63) is 130 Å². The van der Waals surface area contributed by atoms with Crippen LogP contribution in [0.3, 0.4) is 0 Å². The molecule has 0 aliphatic carbocycles. The fourth-order valence-electron chi connectivity index (χ4n) is 6.52. The molecule has 1 atom stereocenters. The van der Waals surface area contributed by atoms with Gasteiger partial charge in [0, 0.05) is 12.6 Å². The van der Waals surface area contributed by atoms with E-state index in [1.165, 1.54) is 40.3 Å². The van der Waals surface area contributed by atoms with Gasteiger partial charge >= 0.3 is 6.18 Å². The molecule has 6 rings (SSSR count). The summed E-state index contributed by atoms with van der Waals surface area (Å²) in [5.41, 5.74) is 0.120. The number of hydrogen-bond acceptors (Lipinski definition) is 4. The van der Waals surface area contributed by atoms with E-state index in [-0.39, 0.29) is 28.5 Å². The van der Waals surface area contributed by atoms with Crippen LogP contribution in [0.25, 0.3) is 27.6 Å². The summed E-state index contributed by atoms with van der Waals surface area (Å²) in [5.74, 6) is -1.18. The number of aromatic nitrogens is 4. The maximum Gasteiger partial charge on any atom is 0.416 e. The summed E-state index contributed by atoms with van der Waals surface area (Å²) >= 11 is 0. The average molecular weight is 698 g/mol. The lowest BCUT2D eigenvalue weighted by Crippen LogP contribution is -2.60. The van der Waals surface area contributed by atoms with E-state index in [0.717, 1.165) is 27.8 Å². The number of benzene rings is 3. The van der Waals surface area contributed by atoms with Crippen LogP contribution in [0.5, 0.6) is 0 Å². The summed E-state index contributed by atoms with van der Waals surface area (Å²) in [6.45, 7) is 12.0. The number of hydrogen-bond donors (Lipinski definition) is 1. The molecule has 3 aromatic carbocycles. The van der Waals surface area contributed by atoms with Crippen molar-refractivity contribution < 1.29 is 27.2 Å². The Kier molecular flexibility index (Phi) is 9.42. The first-order chi connectivity index (χ1) is 24.3. The number of rotatable bonds is 8. The molecule has 11 nitrogen and oxygen atoms in total. The Bertz CT molecular complexity index is 2170. The number of likely N-dealkylation sites (N-methyl/N-ethyl adjacent to an activating group) is 1. The minimum atomic E-state index is -4.67. The van der Waals surface area contributed by atoms with Crippen molar-refractivity contribution in [3.8, 4) is 22.8 Å². The van der Waals surface area contributed by atoms with Crippen molar-refractivity contribution in [1.29, 1.82) is 0 Å². The molecule has 51 heavy (non-hydrogen) atoms. The summed E-state index contributed by atoms with van der Waals surface area (Å²) < 4.78 is 45.6. The summed E-state index contributed by atoms with van der Waals surface area (Å²) in [6, 6.07) is 21.4. The van der Waals surface area contributed by atoms with Crippen LogP contribution in [-0.2, 0) is 24.6 Å². The fourth-order valence-corrected chi connectivity index (χ4v) is 6.52. The highest BCUT2D eigenvalue weighted by Crippen LogP contribution is 2.32. The minimum Gasteiger partial charge on any atom is -0.340 e. The molecule has 0 radical (unpaired) electrons. The van der Waals surface area contributed by atoms with Gasteiger partial charge in [-0.2, -0.15) is 18.3 Å². The quantitative estimate of drug-likeness (QED) is 0.178. The van der Waals surface area contributed by atoms with E-state index in [1.54, 1.807) is 42.2 Å². The smallest absolute Gasteiger partial charge is 0.340 e. The van der Waals surface area contributed by atoms with Gasteiger partial charge in [-0.25, -0.2) is 14.2 Å². The number of carbonyl (C=O) groups excluding carboxylic acids is 2. The Balaban J connectivity index is 1.32. The van der Waals surface area contributed by atoms with Crippen molar-refractivity contribution in [2.45, 2.75) is 25.7 Å². The molecule has 0 saturated carbocycles. The maximum absolute atomic E-state index is 14.2. The number of amides is 2. The Labute approximate surface area is 292 Å². The number of quaternary nitrogens is 1. The zero-order chi connectivity index (χ0) is 36.5. The maximum atomic E-state index is 14.2. The molecule has 0 unspecified atom stereocenters. The molecule has 1 saturated heterocycles. The van der Waals surface area contributed by atoms with Gasteiger partial charge in [-0.05, 0) is 43.3 Å². The second-order valence-electron chi connectivity index (χ2n) is 12.9. The molecule has 1 N–H and O–H groups in total. The standard InChI is InChI=1S/C37H35F3N8O3/c1-25(35(50)45-19-21-48(4,22-20-45)24-26-9-6-5-7-10-26)43-34(49)32-33(31-17-18-42-46(31)29-15-13-28(41-2)14-16-29)44(3)47(36(32)51)30-12-8-11-27(23-30)37(38,39)40/h5-18,23,25H,19-22,24H2,1,3-4H3/p+1/t25-/m0/s1. The lowest BCUT2D eigenvalue weighted by Gasteiger charge is -2.42. The van der Waals surface area contributed by atoms with Crippen molar-refractivity contribution in [1.82, 2.24) is 29.4 Å². The highest BCUT2D eigenvalue weighted by atomic mass is 19.4. The molecule has 262 valence electrons. The van der Waals surface area contributed by atoms with Gasteiger partial charge in [-0.3, -0.25) is 19.1 Å². The van der Waals surface area contributed by atoms with Gasteiger partial charge in [0.2, 0.25) is 5.91 Å². The number of nitrogens with zero attached hydrogens (tertiary/aromatic N) is 7. The van der Waals surface area contributed by atoms with E-state index in [4.69, 9.17) is 6.57 Å². The van der Waals surface area contributed by atoms with Gasteiger partial charge in [-0.15, -0.1) is 0 Å². The Morgan fingerprint density at radius 1 is 0.980 bits per heavy atom. The van der Waals surface area contributed by atoms with Gasteiger partial charge in [0.25, 0.3) is 11.5 Å². The van der Waals surface area contributed by atoms with Gasteiger partial charge in [-0.1, -0.05) is 48.5 Å². The first-order valence-electron chi connectivity index (χ1n) is 16.3. The number of halogens is 3. The first-order valence-corrected chi connectivity index (χ1v) is 16.3. The Morgan fingerprint density at radius 3 is 2.31 bits per heavy atom. The predicted molar refractivity (Wildman–Crippen MR) is 184 cm³/mol. The molecular formula is C37H36F3N8O3+. The van der Waals surface area contributed by atoms with Crippen LogP contribution in [0.1, 0.15) is 28.4 Å². The largest absolute Gasteiger partial charge is 0.416 e. The van der Waals surface area contributed by atoms with Crippen LogP contribution in [-0.4, -0.2) is 79.6 Å². The van der Waals surface area contributed by atoms with Crippen molar-refractivity contribution in [2.75, 3.05) is 33.2 Å². The van der Waals surface area contributed by atoms with Gasteiger partial charge in [0.15, 0.2) is 5.69 Å². The molecule has 3 heterocycles. The Morgan fingerprint density at radius 2 is 1.67 bits per heavy atom. The predicted octanol–water partition coefficient (Wildman–Crippen LogP) is 5.21. The first kappa shape index (κ1) is 34.9. The van der Waals surface area contributed by atoms with E-state index < -0.39 is 29.2 Å². The van der Waals surface area contributed by atoms with E-state index in [1.807, 2.05) is 18.2 Å². The summed E-state index contributed by atoms with van der Waals surface area (Å²) in [5, 5.41) is 7.07. The van der Waals surface area contributed by atoms with E-state index in [0.29, 0.717) is 37.6 Å². The number of alkyl halides is 3. The van der Waals surface area contributed by atoms with Crippen molar-refractivity contribution in [2.24, 2.45) is 7.05 Å². The third-order valence-electron chi connectivity index (χ3n) is 9.28. The summed E-state index contributed by atoms with van der Waals surface area (Å²) in [6.07, 6.45) is -3.22. The molecule has 2 aromatic heterocycles. The number of nitrogens with one attached hydrogen (secondary N) is 1. The lowest BCUT2D eigenvalue weighted by molar-refractivity contribution is -0.926. The van der Waals surface area contributed by atoms with Crippen LogP contribution in [0.4, 0.5) is 18.9 Å². The van der Waals surface area contributed by atoms with Gasteiger partial charge in [0.1, 0.15) is 23.8 Å². The molecule has 5 aromatic rings. The Hall–Kier alpha value is -5.94. The summed E-state index contributed by atoms with van der Waals surface area (Å²) in [4.78, 5) is 47.0. The van der Waals surface area contributed by atoms with Crippen LogP contribution < -0.4 is 10.9 Å². The summed E-state index contributed by atoms with van der Waals surface area (Å²) in [7, 11) is 3.61. The monoisotopic (exact) mass is 697 g/mol. The fraction of sp³-hybridized carbons (Fsp3) is 0.270. The lowest BCUT2D eigenvalue weighted by atomic mass is 10.1. The van der Waals surface area contributed by atoms with Crippen LogP contribution in [0.2, 0.25) is 0 Å². The molecule has 14 heteroatoms. The van der Waals surface area contributed by atoms with E-state index >= 15 is 0 Å². The van der Waals surface area contributed by atoms with E-state index in [2.05, 4.69) is 34.4 Å². The second-order valence-corrected chi connectivity index (χ2v) is 12.9. The molecule has 2 amide bonds. The van der Waals surface area contributed by atoms with Gasteiger partial charge < -0.3 is 14.7 Å².